The molecule has 5 N–H and O–H groups in total. The summed E-state index contributed by atoms with van der Waals surface area (Å²) in [5.41, 5.74) is -2.95. The number of unbranched alkanes of at least 4 members (excludes halogenated alkanes) is 72. The van der Waals surface area contributed by atoms with Crippen LogP contribution in [0.1, 0.15) is 667 Å². The number of phosphoric acid groups is 1. The van der Waals surface area contributed by atoms with Gasteiger partial charge >= 0.3 is 37.7 Å². The highest BCUT2D eigenvalue weighted by Gasteiger charge is 2.66. The summed E-state index contributed by atoms with van der Waals surface area (Å²) >= 11 is 0. The van der Waals surface area contributed by atoms with Crippen LogP contribution in [0.15, 0.2) is 0 Å². The molecule has 1 saturated heterocycles. The molecule has 2 amide bonds. The van der Waals surface area contributed by atoms with Crippen LogP contribution in [0.25, 0.3) is 0 Å². The van der Waals surface area contributed by atoms with Crippen molar-refractivity contribution in [2.24, 2.45) is 0 Å². The molecule has 1 fully saturated rings. The number of nitrogens with one attached hydrogen (secondary N) is 2. The Bertz CT molecular complexity index is 3100. The Labute approximate surface area is 921 Å². The molecule has 0 spiro atoms. The first-order chi connectivity index (χ1) is 73.0. The van der Waals surface area contributed by atoms with E-state index in [0.29, 0.717) is 51.4 Å². The van der Waals surface area contributed by atoms with Gasteiger partial charge in [-0.05, 0) is 96.7 Å². The van der Waals surface area contributed by atoms with Gasteiger partial charge in [0.25, 0.3) is 0 Å². The van der Waals surface area contributed by atoms with Gasteiger partial charge in [0.2, 0.25) is 11.8 Å². The third-order valence-electron chi connectivity index (χ3n) is 30.6. The summed E-state index contributed by atoms with van der Waals surface area (Å²) in [6.45, 7) is 25.9. The number of aliphatic hydroxyl groups excluding tert-OH is 1. The van der Waals surface area contributed by atoms with E-state index < -0.39 is 136 Å². The van der Waals surface area contributed by atoms with Crippen LogP contribution in [-0.2, 0) is 80.6 Å². The number of aliphatic hydroxyl groups is 1. The number of Topliss-reactive ketones (excluding diaryl/α,β-unsaturated/α-hetero) is 1. The van der Waals surface area contributed by atoms with Crippen LogP contribution in [0.2, 0.25) is 0 Å². The lowest BCUT2D eigenvalue weighted by atomic mass is 9.77. The zero-order valence-electron chi connectivity index (χ0n) is 99.6. The molecular formula is C126H242N3O20P. The third kappa shape index (κ3) is 87.8. The lowest BCUT2D eigenvalue weighted by Crippen LogP contribution is -2.78. The first kappa shape index (κ1) is 146. The van der Waals surface area contributed by atoms with Crippen molar-refractivity contribution in [3.63, 3.8) is 0 Å². The number of hydrogen-bond acceptors (Lipinski definition) is 19. The predicted molar refractivity (Wildman–Crippen MR) is 621 cm³/mol. The first-order valence-corrected chi connectivity index (χ1v) is 66.0. The number of phosphoric ester groups is 1. The standard InChI is InChI=1S/C120H227N2O20P.C6H15N/c1-9-17-25-33-41-49-53-61-69-77-85-93-112(127)136-104(89-81-73-65-57-45-37-29-21-13-5)99-109(124)120(122-111(126)101-106(91-83-75-67-59-47-39-31-23-15-7)138-114(129)95-87-79-71-63-55-51-43-35-27-19-11-3)118(141-116(131)102-107(92-84-76-68-60-48-40-32-24-16-8)139-115(130)96-88-80-72-64-56-52-44-36-28-20-12-4)117(142-143(132,133)134)108(103-123)140-119(120)135-98-97-121-110(125)100-105(90-82-74-66-58-46-38-30-22-14-6)137-113(128)94-86-78-70-62-54-50-42-34-26-18-10-2;1-4-7(5-2)6-3/h104-108,117-119,123H,9-103H2,1-8H3,(H,121,125)(H,122,126)(H2,132,133,134);4-6H2,1-3H3/t104-,105-,106-,107-,108-,117-,118+,119+,120+;/m1./s1. The molecule has 0 unspecified atom stereocenters. The van der Waals surface area contributed by atoms with Gasteiger partial charge in [0.05, 0.1) is 32.5 Å². The molecular weight excluding hydrogens is 1910 g/mol. The van der Waals surface area contributed by atoms with Gasteiger partial charge in [0, 0.05) is 38.6 Å². The Balaban J connectivity index is 0.0000305. The maximum absolute atomic E-state index is 17.3. The highest BCUT2D eigenvalue weighted by atomic mass is 31.2. The largest absolute Gasteiger partial charge is 0.470 e. The number of esters is 5. The smallest absolute Gasteiger partial charge is 0.462 e. The molecule has 150 heavy (non-hydrogen) atoms. The van der Waals surface area contributed by atoms with E-state index in [4.69, 9.17) is 37.7 Å². The zero-order valence-corrected chi connectivity index (χ0v) is 100. The van der Waals surface area contributed by atoms with E-state index in [0.717, 1.165) is 276 Å². The molecule has 1 rings (SSSR count). The minimum atomic E-state index is -5.83. The van der Waals surface area contributed by atoms with Crippen LogP contribution in [0, 0.1) is 0 Å². The van der Waals surface area contributed by atoms with E-state index in [9.17, 15) is 43.4 Å². The quantitative estimate of drug-likeness (QED) is 0.0163. The number of hydrogen-bond donors (Lipinski definition) is 5. The Morgan fingerprint density at radius 3 is 0.760 bits per heavy atom. The predicted octanol–water partition coefficient (Wildman–Crippen LogP) is 34.7. The first-order valence-electron chi connectivity index (χ1n) is 64.5. The Morgan fingerprint density at radius 1 is 0.300 bits per heavy atom. The molecule has 9 atom stereocenters. The monoisotopic (exact) mass is 2150 g/mol. The lowest BCUT2D eigenvalue weighted by molar-refractivity contribution is -0.291. The second-order valence-electron chi connectivity index (χ2n) is 44.7. The second-order valence-corrected chi connectivity index (χ2v) is 45.9. The minimum absolute atomic E-state index is 0.0445. The lowest BCUT2D eigenvalue weighted by Gasteiger charge is -2.52. The summed E-state index contributed by atoms with van der Waals surface area (Å²) in [5, 5.41) is 17.6. The molecule has 1 aliphatic rings. The van der Waals surface area contributed by atoms with E-state index in [-0.39, 0.29) is 63.9 Å². The summed E-state index contributed by atoms with van der Waals surface area (Å²) in [5.74, 6) is -5.48. The molecule has 886 valence electrons. The van der Waals surface area contributed by atoms with Crippen LogP contribution in [0.5, 0.6) is 0 Å². The fraction of sp³-hybridized carbons (Fsp3) is 0.937. The minimum Gasteiger partial charge on any atom is -0.462 e. The molecule has 0 aliphatic carbocycles. The molecule has 0 radical (unpaired) electrons. The van der Waals surface area contributed by atoms with Gasteiger partial charge < -0.3 is 63.6 Å². The van der Waals surface area contributed by atoms with Crippen LogP contribution in [-0.4, -0.2) is 161 Å². The highest BCUT2D eigenvalue weighted by molar-refractivity contribution is 7.46. The number of rotatable bonds is 113. The number of carbonyl (C=O) groups excluding carboxylic acids is 8. The molecule has 0 aromatic carbocycles. The van der Waals surface area contributed by atoms with Gasteiger partial charge in [-0.1, -0.05) is 538 Å². The van der Waals surface area contributed by atoms with Gasteiger partial charge in [-0.2, -0.15) is 0 Å². The maximum atomic E-state index is 17.3. The van der Waals surface area contributed by atoms with Crippen molar-refractivity contribution in [3.8, 4) is 0 Å². The molecule has 1 aliphatic heterocycles. The van der Waals surface area contributed by atoms with Crippen molar-refractivity contribution in [2.75, 3.05) is 39.4 Å². The van der Waals surface area contributed by atoms with Gasteiger partial charge in [0.1, 0.15) is 36.6 Å². The van der Waals surface area contributed by atoms with Crippen molar-refractivity contribution in [1.82, 2.24) is 15.5 Å². The maximum Gasteiger partial charge on any atom is 0.470 e. The van der Waals surface area contributed by atoms with Gasteiger partial charge in [0.15, 0.2) is 23.7 Å². The van der Waals surface area contributed by atoms with Gasteiger partial charge in [-0.25, -0.2) is 4.57 Å². The Morgan fingerprint density at radius 2 is 0.527 bits per heavy atom. The number of amides is 2. The Kier molecular flexibility index (Phi) is 105. The number of nitrogens with zero attached hydrogens (tertiary/aromatic N) is 1. The highest BCUT2D eigenvalue weighted by Crippen LogP contribution is 2.46. The summed E-state index contributed by atoms with van der Waals surface area (Å²) in [6, 6.07) is 0. The van der Waals surface area contributed by atoms with Crippen molar-refractivity contribution in [2.45, 2.75) is 721 Å². The topological polar surface area (TPSA) is 315 Å². The van der Waals surface area contributed by atoms with E-state index in [1.807, 2.05) is 0 Å². The number of ether oxygens (including phenoxy) is 7. The summed E-state index contributed by atoms with van der Waals surface area (Å²) in [6.07, 6.45) is 70.4. The van der Waals surface area contributed by atoms with Crippen LogP contribution in [0.3, 0.4) is 0 Å². The molecule has 24 heteroatoms. The van der Waals surface area contributed by atoms with Crippen LogP contribution in [0.4, 0.5) is 0 Å². The molecule has 23 nitrogen and oxygen atoms in total. The summed E-state index contributed by atoms with van der Waals surface area (Å²) in [4.78, 5) is 146. The summed E-state index contributed by atoms with van der Waals surface area (Å²) in [7, 11) is -5.83. The third-order valence-corrected chi connectivity index (χ3v) is 31.1. The Hall–Kier alpha value is -4.09. The van der Waals surface area contributed by atoms with Gasteiger partial charge in [-0.15, -0.1) is 0 Å². The van der Waals surface area contributed by atoms with Crippen molar-refractivity contribution in [1.29, 1.82) is 0 Å². The fourth-order valence-corrected chi connectivity index (χ4v) is 21.5. The van der Waals surface area contributed by atoms with Crippen molar-refractivity contribution >= 4 is 55.3 Å². The van der Waals surface area contributed by atoms with Gasteiger partial charge in [-0.3, -0.25) is 42.9 Å². The average Bonchev–Trinajstić information content (AvgIpc) is 0.727. The average molecular weight is 2150 g/mol. The van der Waals surface area contributed by atoms with Crippen molar-refractivity contribution < 1.29 is 95.5 Å². The van der Waals surface area contributed by atoms with Crippen LogP contribution < -0.4 is 10.6 Å². The summed E-state index contributed by atoms with van der Waals surface area (Å²) < 4.78 is 65.4. The van der Waals surface area contributed by atoms with E-state index >= 15 is 14.4 Å². The second kappa shape index (κ2) is 108. The normalized spacial score (nSPS) is 16.0. The molecule has 1 heterocycles. The molecule has 0 saturated carbocycles. The number of ketones is 1. The van der Waals surface area contributed by atoms with E-state index in [1.165, 1.54) is 212 Å². The zero-order chi connectivity index (χ0) is 110. The number of carbonyl (C=O) groups is 8. The SMILES string of the molecule is CCCCCCCCCCCCCC(=O)O[C@H](CCCCCCCCCCC)CC(=O)NCCO[C@H]1O[C@H](CO)[C@@H](OP(=O)(O)O)[C@H](OC(=O)C[C@@H](CCCCCCCCCCC)OC(=O)CCCCCCCCCCCCC)[C@@]1(NC(=O)C[C@@H](CCCCCCCCCCC)OC(=O)CCCCCCCCCCCCC)C(=O)C[C@@H](CCCCCCCCCCC)OC(=O)CCCCCCCCCCCCC.CCN(CC)CC. The van der Waals surface area contributed by atoms with Crippen molar-refractivity contribution in [3.05, 3.63) is 0 Å². The molecule has 0 bridgehead atoms. The van der Waals surface area contributed by atoms with E-state index in [2.05, 4.69) is 91.7 Å². The van der Waals surface area contributed by atoms with E-state index in [1.54, 1.807) is 0 Å². The molecule has 0 aromatic rings. The fourth-order valence-electron chi connectivity index (χ4n) is 21.0. The van der Waals surface area contributed by atoms with Crippen LogP contribution >= 0.6 is 7.82 Å². The molecule has 0 aromatic heterocycles.